The van der Waals surface area contributed by atoms with E-state index in [1.165, 1.54) is 0 Å². The van der Waals surface area contributed by atoms with E-state index in [9.17, 15) is 18.0 Å². The molecule has 3 atom stereocenters. The Kier molecular flexibility index (Phi) is 5.62. The van der Waals surface area contributed by atoms with E-state index in [-0.39, 0.29) is 23.7 Å². The highest BCUT2D eigenvalue weighted by Gasteiger charge is 2.45. The zero-order valence-electron chi connectivity index (χ0n) is 18.2. The molecule has 2 saturated heterocycles. The predicted molar refractivity (Wildman–Crippen MR) is 114 cm³/mol. The zero-order chi connectivity index (χ0) is 23.9. The first kappa shape index (κ1) is 22.2. The minimum atomic E-state index is -4.57. The fourth-order valence-electron chi connectivity index (χ4n) is 4.65. The Morgan fingerprint density at radius 3 is 2.56 bits per heavy atom. The van der Waals surface area contributed by atoms with Crippen molar-refractivity contribution in [3.8, 4) is 17.4 Å². The van der Waals surface area contributed by atoms with Crippen molar-refractivity contribution in [1.82, 2.24) is 29.8 Å². The lowest BCUT2D eigenvalue weighted by atomic mass is 9.77. The standard InChI is InChI=1S/C23H21F3N6O2/c1-13-3-5-15(20(31-13)21-27-7-2-8-28-21)22(33)32-12-14-4-6-16(32)17(9-14)34-19-11-29-18(10-30-19)23(24,25)26/h2-3,5,7-8,10-11,14,16-17H,4,6,9,12H2,1H3/t14-,16-,17+/m0/s1. The van der Waals surface area contributed by atoms with Gasteiger partial charge in [0, 0.05) is 24.6 Å². The van der Waals surface area contributed by atoms with Crippen LogP contribution in [0.3, 0.4) is 0 Å². The number of pyridine rings is 1. The highest BCUT2D eigenvalue weighted by atomic mass is 19.4. The van der Waals surface area contributed by atoms with Gasteiger partial charge < -0.3 is 9.64 Å². The summed E-state index contributed by atoms with van der Waals surface area (Å²) in [7, 11) is 0. The van der Waals surface area contributed by atoms with E-state index in [0.29, 0.717) is 36.2 Å². The first-order valence-corrected chi connectivity index (χ1v) is 10.9. The fraction of sp³-hybridized carbons (Fsp3) is 0.391. The molecule has 0 radical (unpaired) electrons. The van der Waals surface area contributed by atoms with Gasteiger partial charge >= 0.3 is 6.18 Å². The molecule has 0 aromatic carbocycles. The van der Waals surface area contributed by atoms with Crippen LogP contribution in [0.25, 0.3) is 11.5 Å². The summed E-state index contributed by atoms with van der Waals surface area (Å²) in [5.74, 6) is 0.394. The molecule has 3 fully saturated rings. The van der Waals surface area contributed by atoms with Gasteiger partial charge in [0.05, 0.1) is 24.0 Å². The third-order valence-electron chi connectivity index (χ3n) is 6.21. The molecule has 0 N–H and O–H groups in total. The van der Waals surface area contributed by atoms with Crippen molar-refractivity contribution in [3.63, 3.8) is 0 Å². The van der Waals surface area contributed by atoms with Crippen molar-refractivity contribution in [2.75, 3.05) is 6.54 Å². The number of amides is 1. The molecule has 3 aromatic heterocycles. The molecule has 1 aliphatic carbocycles. The van der Waals surface area contributed by atoms with E-state index in [1.54, 1.807) is 35.5 Å². The van der Waals surface area contributed by atoms with Crippen LogP contribution in [-0.4, -0.2) is 54.4 Å². The topological polar surface area (TPSA) is 94.0 Å². The maximum absolute atomic E-state index is 13.7. The van der Waals surface area contributed by atoms with E-state index in [0.717, 1.165) is 24.7 Å². The summed E-state index contributed by atoms with van der Waals surface area (Å²) >= 11 is 0. The number of piperidine rings is 2. The third kappa shape index (κ3) is 4.29. The van der Waals surface area contributed by atoms with Gasteiger partial charge in [-0.25, -0.2) is 24.9 Å². The molecule has 2 bridgehead atoms. The number of halogens is 3. The van der Waals surface area contributed by atoms with Crippen LogP contribution in [0.5, 0.6) is 5.88 Å². The largest absolute Gasteiger partial charge is 0.471 e. The molecule has 176 valence electrons. The number of hydrogen-bond donors (Lipinski definition) is 0. The molecule has 3 aromatic rings. The minimum Gasteiger partial charge on any atom is -0.471 e. The number of carbonyl (C=O) groups is 1. The second-order valence-corrected chi connectivity index (χ2v) is 8.52. The summed E-state index contributed by atoms with van der Waals surface area (Å²) in [5, 5.41) is 0. The first-order chi connectivity index (χ1) is 16.3. The molecule has 0 unspecified atom stereocenters. The van der Waals surface area contributed by atoms with Crippen molar-refractivity contribution in [1.29, 1.82) is 0 Å². The zero-order valence-corrected chi connectivity index (χ0v) is 18.2. The van der Waals surface area contributed by atoms with Gasteiger partial charge in [-0.3, -0.25) is 4.79 Å². The summed E-state index contributed by atoms with van der Waals surface area (Å²) in [5.41, 5.74) is 0.473. The maximum atomic E-state index is 13.7. The number of carbonyl (C=O) groups excluding carboxylic acids is 1. The smallest absolute Gasteiger partial charge is 0.434 e. The molecule has 3 aliphatic rings. The van der Waals surface area contributed by atoms with Crippen molar-refractivity contribution >= 4 is 5.91 Å². The number of hydrogen-bond acceptors (Lipinski definition) is 7. The van der Waals surface area contributed by atoms with Gasteiger partial charge in [0.15, 0.2) is 11.5 Å². The molecule has 1 amide bonds. The maximum Gasteiger partial charge on any atom is 0.434 e. The molecule has 11 heteroatoms. The van der Waals surface area contributed by atoms with Gasteiger partial charge in [0.2, 0.25) is 5.88 Å². The van der Waals surface area contributed by atoms with Gasteiger partial charge in [-0.1, -0.05) is 0 Å². The average Bonchev–Trinajstić information content (AvgIpc) is 2.84. The minimum absolute atomic E-state index is 0.00771. The summed E-state index contributed by atoms with van der Waals surface area (Å²) in [6.07, 6.45) is 2.24. The average molecular weight is 470 g/mol. The molecule has 8 nitrogen and oxygen atoms in total. The number of rotatable bonds is 4. The Bertz CT molecular complexity index is 1190. The number of ether oxygens (including phenoxy) is 1. The van der Waals surface area contributed by atoms with Crippen LogP contribution in [0.1, 0.15) is 41.0 Å². The van der Waals surface area contributed by atoms with Crippen LogP contribution in [0, 0.1) is 12.8 Å². The van der Waals surface area contributed by atoms with Crippen LogP contribution in [0.2, 0.25) is 0 Å². The van der Waals surface area contributed by atoms with E-state index < -0.39 is 18.0 Å². The molecular formula is C23H21F3N6O2. The Labute approximate surface area is 193 Å². The summed E-state index contributed by atoms with van der Waals surface area (Å²) < 4.78 is 44.3. The van der Waals surface area contributed by atoms with Crippen LogP contribution >= 0.6 is 0 Å². The number of fused-ring (bicyclic) bond motifs is 3. The van der Waals surface area contributed by atoms with Crippen molar-refractivity contribution in [2.45, 2.75) is 44.5 Å². The molecule has 0 spiro atoms. The normalized spacial score (nSPS) is 22.0. The Morgan fingerprint density at radius 1 is 1.09 bits per heavy atom. The van der Waals surface area contributed by atoms with Gasteiger partial charge in [-0.15, -0.1) is 0 Å². The van der Waals surface area contributed by atoms with E-state index in [1.807, 2.05) is 6.92 Å². The van der Waals surface area contributed by atoms with Gasteiger partial charge in [0.25, 0.3) is 5.91 Å². The van der Waals surface area contributed by atoms with Crippen molar-refractivity contribution in [3.05, 3.63) is 59.9 Å². The van der Waals surface area contributed by atoms with Crippen molar-refractivity contribution in [2.24, 2.45) is 5.92 Å². The van der Waals surface area contributed by atoms with Crippen LogP contribution in [0.15, 0.2) is 43.0 Å². The highest BCUT2D eigenvalue weighted by Crippen LogP contribution is 2.38. The SMILES string of the molecule is Cc1ccc(C(=O)N2C[C@H]3CC[C@H]2[C@H](Oc2cnc(C(F)(F)F)cn2)C3)c(-c2ncccn2)n1. The lowest BCUT2D eigenvalue weighted by Gasteiger charge is -2.49. The van der Waals surface area contributed by atoms with Gasteiger partial charge in [-0.05, 0) is 50.3 Å². The molecule has 34 heavy (non-hydrogen) atoms. The summed E-state index contributed by atoms with van der Waals surface area (Å²) in [6.45, 7) is 2.41. The molecule has 5 heterocycles. The Morgan fingerprint density at radius 2 is 1.88 bits per heavy atom. The monoisotopic (exact) mass is 470 g/mol. The summed E-state index contributed by atoms with van der Waals surface area (Å²) in [4.78, 5) is 35.7. The second kappa shape index (κ2) is 8.62. The lowest BCUT2D eigenvalue weighted by molar-refractivity contribution is -0.141. The highest BCUT2D eigenvalue weighted by molar-refractivity contribution is 5.99. The molecule has 6 rings (SSSR count). The number of nitrogens with zero attached hydrogens (tertiary/aromatic N) is 6. The van der Waals surface area contributed by atoms with Crippen LogP contribution in [-0.2, 0) is 6.18 Å². The van der Waals surface area contributed by atoms with E-state index in [2.05, 4.69) is 24.9 Å². The first-order valence-electron chi connectivity index (χ1n) is 10.9. The van der Waals surface area contributed by atoms with Gasteiger partial charge in [-0.2, -0.15) is 13.2 Å². The van der Waals surface area contributed by atoms with Crippen molar-refractivity contribution < 1.29 is 22.7 Å². The van der Waals surface area contributed by atoms with E-state index in [4.69, 9.17) is 4.74 Å². The molecule has 2 aliphatic heterocycles. The number of aromatic nitrogens is 5. The second-order valence-electron chi connectivity index (χ2n) is 8.52. The molecular weight excluding hydrogens is 449 g/mol. The van der Waals surface area contributed by atoms with E-state index >= 15 is 0 Å². The third-order valence-corrected chi connectivity index (χ3v) is 6.21. The predicted octanol–water partition coefficient (Wildman–Crippen LogP) is 3.73. The fourth-order valence-corrected chi connectivity index (χ4v) is 4.65. The number of alkyl halides is 3. The Balaban J connectivity index is 1.40. The quantitative estimate of drug-likeness (QED) is 0.574. The molecule has 1 saturated carbocycles. The summed E-state index contributed by atoms with van der Waals surface area (Å²) in [6, 6.07) is 4.95. The lowest BCUT2D eigenvalue weighted by Crippen LogP contribution is -2.59. The van der Waals surface area contributed by atoms with Gasteiger partial charge in [0.1, 0.15) is 11.8 Å². The van der Waals surface area contributed by atoms with Crippen LogP contribution < -0.4 is 4.74 Å². The van der Waals surface area contributed by atoms with Crippen LogP contribution in [0.4, 0.5) is 13.2 Å². The number of aryl methyl sites for hydroxylation is 1. The Hall–Kier alpha value is -3.63.